The summed E-state index contributed by atoms with van der Waals surface area (Å²) in [6, 6.07) is 22.9. The first kappa shape index (κ1) is 21.3. The van der Waals surface area contributed by atoms with Crippen LogP contribution >= 0.6 is 12.2 Å². The van der Waals surface area contributed by atoms with Gasteiger partial charge in [-0.15, -0.1) is 0 Å². The fraction of sp³-hybridized carbons (Fsp3) is 0.222. The van der Waals surface area contributed by atoms with Crippen molar-refractivity contribution in [3.63, 3.8) is 0 Å². The van der Waals surface area contributed by atoms with E-state index in [1.807, 2.05) is 36.7 Å². The summed E-state index contributed by atoms with van der Waals surface area (Å²) in [6.45, 7) is 7.13. The van der Waals surface area contributed by atoms with Gasteiger partial charge in [-0.05, 0) is 80.0 Å². The standard InChI is InChI=1S/C27H27N5S/c1-18-12-14-29-24(15-18)32-19(2)16-22(20(32)3)26-25(23-11-7-8-13-28-23)30-27(33)31(26)17-21-9-5-4-6-10-21/h4-16,25-26H,17H2,1-3H3,(H,30,33)/t25-,26-/m1/s1. The summed E-state index contributed by atoms with van der Waals surface area (Å²) >= 11 is 5.86. The lowest BCUT2D eigenvalue weighted by Crippen LogP contribution is -2.29. The van der Waals surface area contributed by atoms with Gasteiger partial charge < -0.3 is 14.8 Å². The van der Waals surface area contributed by atoms with Crippen LogP contribution in [0.2, 0.25) is 0 Å². The number of thiocarbonyl (C=S) groups is 1. The molecule has 0 aliphatic carbocycles. The summed E-state index contributed by atoms with van der Waals surface area (Å²) in [5, 5.41) is 4.31. The summed E-state index contributed by atoms with van der Waals surface area (Å²) in [5.74, 6) is 0.939. The average molecular weight is 454 g/mol. The number of benzene rings is 1. The van der Waals surface area contributed by atoms with E-state index in [-0.39, 0.29) is 12.1 Å². The highest BCUT2D eigenvalue weighted by Crippen LogP contribution is 2.42. The first-order valence-electron chi connectivity index (χ1n) is 11.2. The molecule has 0 saturated carbocycles. The molecule has 0 spiro atoms. The molecule has 1 fully saturated rings. The number of aryl methyl sites for hydroxylation is 2. The summed E-state index contributed by atoms with van der Waals surface area (Å²) in [5.41, 5.74) is 6.95. The molecule has 0 bridgehead atoms. The molecule has 4 heterocycles. The van der Waals surface area contributed by atoms with Crippen LogP contribution in [0.25, 0.3) is 5.82 Å². The van der Waals surface area contributed by atoms with Crippen LogP contribution in [0.1, 0.15) is 45.9 Å². The molecule has 1 N–H and O–H groups in total. The van der Waals surface area contributed by atoms with Crippen LogP contribution in [0.3, 0.4) is 0 Å². The summed E-state index contributed by atoms with van der Waals surface area (Å²) < 4.78 is 2.24. The second-order valence-electron chi connectivity index (χ2n) is 8.59. The Morgan fingerprint density at radius 2 is 1.70 bits per heavy atom. The van der Waals surface area contributed by atoms with Crippen LogP contribution in [-0.2, 0) is 6.54 Å². The zero-order valence-electron chi connectivity index (χ0n) is 19.1. The molecule has 2 atom stereocenters. The highest BCUT2D eigenvalue weighted by molar-refractivity contribution is 7.80. The normalized spacial score (nSPS) is 17.9. The molecule has 1 aliphatic heterocycles. The van der Waals surface area contributed by atoms with Crippen LogP contribution in [0.15, 0.2) is 79.1 Å². The van der Waals surface area contributed by atoms with Crippen LogP contribution < -0.4 is 5.32 Å². The minimum absolute atomic E-state index is 0.0114. The molecular formula is C27H27N5S. The molecular weight excluding hydrogens is 426 g/mol. The molecule has 1 saturated heterocycles. The van der Waals surface area contributed by atoms with E-state index in [4.69, 9.17) is 12.2 Å². The third-order valence-electron chi connectivity index (χ3n) is 6.31. The van der Waals surface area contributed by atoms with Gasteiger partial charge in [0.2, 0.25) is 0 Å². The third-order valence-corrected chi connectivity index (χ3v) is 6.66. The second kappa shape index (κ2) is 8.79. The average Bonchev–Trinajstić information content (AvgIpc) is 3.30. The van der Waals surface area contributed by atoms with E-state index in [9.17, 15) is 0 Å². The van der Waals surface area contributed by atoms with Gasteiger partial charge in [0.25, 0.3) is 0 Å². The lowest BCUT2D eigenvalue weighted by Gasteiger charge is -2.28. The van der Waals surface area contributed by atoms with Crippen molar-refractivity contribution in [2.75, 3.05) is 0 Å². The lowest BCUT2D eigenvalue weighted by molar-refractivity contribution is 0.310. The maximum atomic E-state index is 5.86. The van der Waals surface area contributed by atoms with Gasteiger partial charge in [-0.3, -0.25) is 4.98 Å². The van der Waals surface area contributed by atoms with E-state index in [1.54, 1.807) is 0 Å². The van der Waals surface area contributed by atoms with E-state index < -0.39 is 0 Å². The largest absolute Gasteiger partial charge is 0.352 e. The van der Waals surface area contributed by atoms with Crippen molar-refractivity contribution >= 4 is 17.3 Å². The summed E-state index contributed by atoms with van der Waals surface area (Å²) in [4.78, 5) is 11.6. The lowest BCUT2D eigenvalue weighted by atomic mass is 9.96. The molecule has 5 rings (SSSR count). The van der Waals surface area contributed by atoms with Gasteiger partial charge in [0, 0.05) is 30.3 Å². The van der Waals surface area contributed by atoms with Crippen molar-refractivity contribution in [2.45, 2.75) is 39.4 Å². The number of nitrogens with zero attached hydrogens (tertiary/aromatic N) is 4. The van der Waals surface area contributed by atoms with E-state index >= 15 is 0 Å². The minimum atomic E-state index is -0.0400. The zero-order valence-corrected chi connectivity index (χ0v) is 19.9. The Bertz CT molecular complexity index is 1280. The fourth-order valence-electron chi connectivity index (χ4n) is 4.78. The van der Waals surface area contributed by atoms with E-state index in [0.29, 0.717) is 0 Å². The zero-order chi connectivity index (χ0) is 22.9. The highest BCUT2D eigenvalue weighted by atomic mass is 32.1. The van der Waals surface area contributed by atoms with Crippen LogP contribution in [0, 0.1) is 20.8 Å². The Morgan fingerprint density at radius 3 is 2.42 bits per heavy atom. The fourth-order valence-corrected chi connectivity index (χ4v) is 5.08. The summed E-state index contributed by atoms with van der Waals surface area (Å²) in [7, 11) is 0. The van der Waals surface area contributed by atoms with Gasteiger partial charge in [-0.25, -0.2) is 4.98 Å². The molecule has 166 valence electrons. The van der Waals surface area contributed by atoms with Gasteiger partial charge in [-0.2, -0.15) is 0 Å². The predicted molar refractivity (Wildman–Crippen MR) is 135 cm³/mol. The molecule has 0 radical (unpaired) electrons. The number of hydrogen-bond acceptors (Lipinski definition) is 3. The Hall–Kier alpha value is -3.51. The van der Waals surface area contributed by atoms with E-state index in [2.05, 4.69) is 88.0 Å². The molecule has 0 amide bonds. The van der Waals surface area contributed by atoms with Gasteiger partial charge in [-0.1, -0.05) is 36.4 Å². The molecule has 5 nitrogen and oxygen atoms in total. The first-order valence-corrected chi connectivity index (χ1v) is 11.6. The van der Waals surface area contributed by atoms with Gasteiger partial charge in [0.15, 0.2) is 5.11 Å². The van der Waals surface area contributed by atoms with E-state index in [0.717, 1.165) is 28.9 Å². The molecule has 0 unspecified atom stereocenters. The van der Waals surface area contributed by atoms with E-state index in [1.165, 1.54) is 22.4 Å². The monoisotopic (exact) mass is 453 g/mol. The van der Waals surface area contributed by atoms with Crippen LogP contribution in [0.5, 0.6) is 0 Å². The molecule has 1 aromatic carbocycles. The number of aromatic nitrogens is 3. The topological polar surface area (TPSA) is 46.0 Å². The Morgan fingerprint density at radius 1 is 0.909 bits per heavy atom. The second-order valence-corrected chi connectivity index (χ2v) is 8.98. The maximum absolute atomic E-state index is 5.86. The van der Waals surface area contributed by atoms with Gasteiger partial charge in [0.05, 0.1) is 17.8 Å². The number of rotatable bonds is 5. The number of nitrogens with one attached hydrogen (secondary N) is 1. The van der Waals surface area contributed by atoms with Gasteiger partial charge in [0.1, 0.15) is 5.82 Å². The Labute approximate surface area is 200 Å². The number of pyridine rings is 2. The van der Waals surface area contributed by atoms with Crippen molar-refractivity contribution < 1.29 is 0 Å². The van der Waals surface area contributed by atoms with Crippen molar-refractivity contribution in [1.29, 1.82) is 0 Å². The highest BCUT2D eigenvalue weighted by Gasteiger charge is 2.41. The van der Waals surface area contributed by atoms with Crippen LogP contribution in [-0.4, -0.2) is 24.5 Å². The minimum Gasteiger partial charge on any atom is -0.352 e. The third kappa shape index (κ3) is 4.02. The summed E-state index contributed by atoms with van der Waals surface area (Å²) in [6.07, 6.45) is 3.71. The molecule has 3 aromatic heterocycles. The molecule has 1 aliphatic rings. The Kier molecular flexibility index (Phi) is 5.68. The van der Waals surface area contributed by atoms with Crippen LogP contribution in [0.4, 0.5) is 0 Å². The molecule has 33 heavy (non-hydrogen) atoms. The smallest absolute Gasteiger partial charge is 0.170 e. The molecule has 6 heteroatoms. The van der Waals surface area contributed by atoms with Gasteiger partial charge >= 0.3 is 0 Å². The number of hydrogen-bond donors (Lipinski definition) is 1. The van der Waals surface area contributed by atoms with Crippen molar-refractivity contribution in [3.8, 4) is 5.82 Å². The Balaban J connectivity index is 1.62. The molecule has 4 aromatic rings. The maximum Gasteiger partial charge on any atom is 0.170 e. The quantitative estimate of drug-likeness (QED) is 0.412. The van der Waals surface area contributed by atoms with Crippen molar-refractivity contribution in [3.05, 3.63) is 113 Å². The predicted octanol–water partition coefficient (Wildman–Crippen LogP) is 5.37. The first-order chi connectivity index (χ1) is 16.0. The van der Waals surface area contributed by atoms with Crippen molar-refractivity contribution in [2.24, 2.45) is 0 Å². The SMILES string of the molecule is Cc1ccnc(-n2c(C)cc([C@@H]3[C@@H](c4ccccn4)NC(=S)N3Cc3ccccc3)c2C)c1. The van der Waals surface area contributed by atoms with Crippen molar-refractivity contribution in [1.82, 2.24) is 24.8 Å².